The number of carbonyl (C=O) groups excluding carboxylic acids is 1. The summed E-state index contributed by atoms with van der Waals surface area (Å²) in [6.45, 7) is 0. The van der Waals surface area contributed by atoms with E-state index in [1.54, 1.807) is 12.1 Å². The number of fused-ring (bicyclic) bond motifs is 1. The molecule has 0 spiro atoms. The molecule has 0 bridgehead atoms. The third-order valence-electron chi connectivity index (χ3n) is 2.04. The molecular formula is C11H9NO3. The Bertz CT molecular complexity index is 491. The van der Waals surface area contributed by atoms with E-state index in [0.717, 1.165) is 10.8 Å². The predicted octanol–water partition coefficient (Wildman–Crippen LogP) is 2.32. The van der Waals surface area contributed by atoms with Crippen LogP contribution >= 0.6 is 0 Å². The Labute approximate surface area is 86.1 Å². The zero-order valence-corrected chi connectivity index (χ0v) is 7.81. The SMILES string of the molecule is O=C(NO)Oc1cccc2ccccc12. The second-order valence-electron chi connectivity index (χ2n) is 2.98. The first kappa shape index (κ1) is 9.48. The van der Waals surface area contributed by atoms with E-state index < -0.39 is 6.09 Å². The van der Waals surface area contributed by atoms with Crippen LogP contribution in [0, 0.1) is 0 Å². The Hall–Kier alpha value is -2.07. The Balaban J connectivity index is 2.46. The molecule has 0 atom stereocenters. The van der Waals surface area contributed by atoms with Crippen molar-refractivity contribution in [1.29, 1.82) is 0 Å². The Morgan fingerprint density at radius 1 is 1.13 bits per heavy atom. The van der Waals surface area contributed by atoms with E-state index in [2.05, 4.69) is 0 Å². The standard InChI is InChI=1S/C11H9NO3/c13-11(12-14)15-10-7-3-5-8-4-1-2-6-9(8)10/h1-7,14H,(H,12,13). The monoisotopic (exact) mass is 203 g/mol. The van der Waals surface area contributed by atoms with Crippen molar-refractivity contribution >= 4 is 16.9 Å². The van der Waals surface area contributed by atoms with Gasteiger partial charge in [-0.05, 0) is 11.5 Å². The van der Waals surface area contributed by atoms with Crippen molar-refractivity contribution in [3.63, 3.8) is 0 Å². The van der Waals surface area contributed by atoms with Crippen molar-refractivity contribution in [2.24, 2.45) is 0 Å². The minimum absolute atomic E-state index is 0.416. The van der Waals surface area contributed by atoms with E-state index in [1.807, 2.05) is 30.3 Å². The number of carbonyl (C=O) groups is 1. The fraction of sp³-hybridized carbons (Fsp3) is 0. The van der Waals surface area contributed by atoms with Gasteiger partial charge in [0.15, 0.2) is 0 Å². The minimum Gasteiger partial charge on any atom is -0.408 e. The summed E-state index contributed by atoms with van der Waals surface area (Å²) in [4.78, 5) is 10.8. The molecule has 2 N–H and O–H groups in total. The molecule has 1 amide bonds. The highest BCUT2D eigenvalue weighted by molar-refractivity contribution is 5.90. The number of hydrogen-bond donors (Lipinski definition) is 2. The fourth-order valence-corrected chi connectivity index (χ4v) is 1.41. The van der Waals surface area contributed by atoms with E-state index in [9.17, 15) is 4.79 Å². The maximum Gasteiger partial charge on any atom is 0.436 e. The summed E-state index contributed by atoms with van der Waals surface area (Å²) in [6, 6.07) is 12.9. The first-order valence-electron chi connectivity index (χ1n) is 4.41. The number of nitrogens with one attached hydrogen (secondary N) is 1. The summed E-state index contributed by atoms with van der Waals surface area (Å²) >= 11 is 0. The van der Waals surface area contributed by atoms with Gasteiger partial charge in [-0.1, -0.05) is 36.4 Å². The number of ether oxygens (including phenoxy) is 1. The maximum atomic E-state index is 10.8. The molecule has 0 saturated carbocycles. The van der Waals surface area contributed by atoms with E-state index >= 15 is 0 Å². The first-order chi connectivity index (χ1) is 7.31. The van der Waals surface area contributed by atoms with Gasteiger partial charge in [-0.3, -0.25) is 5.21 Å². The molecule has 0 saturated heterocycles. The predicted molar refractivity (Wildman–Crippen MR) is 54.9 cm³/mol. The second kappa shape index (κ2) is 3.98. The summed E-state index contributed by atoms with van der Waals surface area (Å²) in [5.41, 5.74) is 1.42. The normalized spacial score (nSPS) is 9.93. The van der Waals surface area contributed by atoms with Gasteiger partial charge in [-0.25, -0.2) is 10.3 Å². The van der Waals surface area contributed by atoms with Gasteiger partial charge in [0.2, 0.25) is 0 Å². The van der Waals surface area contributed by atoms with Crippen LogP contribution in [0.5, 0.6) is 5.75 Å². The molecule has 0 unspecified atom stereocenters. The summed E-state index contributed by atoms with van der Waals surface area (Å²) < 4.78 is 4.88. The minimum atomic E-state index is -0.897. The number of benzene rings is 2. The fourth-order valence-electron chi connectivity index (χ4n) is 1.41. The van der Waals surface area contributed by atoms with E-state index in [1.165, 1.54) is 5.48 Å². The van der Waals surface area contributed by atoms with Gasteiger partial charge in [0.1, 0.15) is 5.75 Å². The Morgan fingerprint density at radius 2 is 1.87 bits per heavy atom. The quantitative estimate of drug-likeness (QED) is 0.552. The van der Waals surface area contributed by atoms with Crippen LogP contribution in [-0.2, 0) is 0 Å². The van der Waals surface area contributed by atoms with Crippen molar-refractivity contribution in [1.82, 2.24) is 5.48 Å². The van der Waals surface area contributed by atoms with Gasteiger partial charge in [0.05, 0.1) is 0 Å². The third kappa shape index (κ3) is 1.89. The maximum absolute atomic E-state index is 10.8. The molecule has 2 rings (SSSR count). The molecule has 76 valence electrons. The molecule has 0 aliphatic rings. The van der Waals surface area contributed by atoms with Gasteiger partial charge in [0.25, 0.3) is 0 Å². The van der Waals surface area contributed by atoms with Crippen LogP contribution in [0.4, 0.5) is 4.79 Å². The van der Waals surface area contributed by atoms with Crippen LogP contribution in [0.15, 0.2) is 42.5 Å². The molecule has 0 fully saturated rings. The van der Waals surface area contributed by atoms with Gasteiger partial charge in [0, 0.05) is 5.39 Å². The van der Waals surface area contributed by atoms with Crippen LogP contribution in [0.25, 0.3) is 10.8 Å². The van der Waals surface area contributed by atoms with Crippen molar-refractivity contribution in [3.8, 4) is 5.75 Å². The van der Waals surface area contributed by atoms with E-state index in [4.69, 9.17) is 9.94 Å². The molecule has 15 heavy (non-hydrogen) atoms. The van der Waals surface area contributed by atoms with Crippen LogP contribution in [0.3, 0.4) is 0 Å². The largest absolute Gasteiger partial charge is 0.436 e. The van der Waals surface area contributed by atoms with E-state index in [-0.39, 0.29) is 0 Å². The molecule has 4 heteroatoms. The van der Waals surface area contributed by atoms with Crippen molar-refractivity contribution in [3.05, 3.63) is 42.5 Å². The molecule has 0 aromatic heterocycles. The number of rotatable bonds is 1. The van der Waals surface area contributed by atoms with E-state index in [0.29, 0.717) is 5.75 Å². The first-order valence-corrected chi connectivity index (χ1v) is 4.41. The molecule has 0 aliphatic carbocycles. The molecular weight excluding hydrogens is 194 g/mol. The summed E-state index contributed by atoms with van der Waals surface area (Å²) in [7, 11) is 0. The number of hydrogen-bond acceptors (Lipinski definition) is 3. The molecule has 4 nitrogen and oxygen atoms in total. The number of amides is 1. The topological polar surface area (TPSA) is 58.6 Å². The number of hydroxylamine groups is 1. The lowest BCUT2D eigenvalue weighted by Crippen LogP contribution is -2.22. The lowest BCUT2D eigenvalue weighted by molar-refractivity contribution is 0.128. The van der Waals surface area contributed by atoms with Crippen LogP contribution < -0.4 is 10.2 Å². The lowest BCUT2D eigenvalue weighted by Gasteiger charge is -2.05. The summed E-state index contributed by atoms with van der Waals surface area (Å²) in [5, 5.41) is 10.1. The van der Waals surface area contributed by atoms with Gasteiger partial charge < -0.3 is 4.74 Å². The highest BCUT2D eigenvalue weighted by Crippen LogP contribution is 2.24. The molecule has 2 aromatic rings. The van der Waals surface area contributed by atoms with Gasteiger partial charge >= 0.3 is 6.09 Å². The molecule has 0 aliphatic heterocycles. The molecule has 0 heterocycles. The van der Waals surface area contributed by atoms with Gasteiger partial charge in [-0.2, -0.15) is 0 Å². The third-order valence-corrected chi connectivity index (χ3v) is 2.04. The molecule has 2 aromatic carbocycles. The van der Waals surface area contributed by atoms with Gasteiger partial charge in [-0.15, -0.1) is 0 Å². The lowest BCUT2D eigenvalue weighted by atomic mass is 10.1. The van der Waals surface area contributed by atoms with Crippen molar-refractivity contribution in [2.45, 2.75) is 0 Å². The van der Waals surface area contributed by atoms with Crippen molar-refractivity contribution in [2.75, 3.05) is 0 Å². The zero-order chi connectivity index (χ0) is 10.7. The summed E-state index contributed by atoms with van der Waals surface area (Å²) in [5.74, 6) is 0.416. The highest BCUT2D eigenvalue weighted by Gasteiger charge is 2.05. The second-order valence-corrected chi connectivity index (χ2v) is 2.98. The Morgan fingerprint density at radius 3 is 2.67 bits per heavy atom. The highest BCUT2D eigenvalue weighted by atomic mass is 16.6. The van der Waals surface area contributed by atoms with Crippen molar-refractivity contribution < 1.29 is 14.7 Å². The van der Waals surface area contributed by atoms with Crippen LogP contribution in [-0.4, -0.2) is 11.3 Å². The van der Waals surface area contributed by atoms with Crippen LogP contribution in [0.1, 0.15) is 0 Å². The molecule has 0 radical (unpaired) electrons. The summed E-state index contributed by atoms with van der Waals surface area (Å²) in [6.07, 6.45) is -0.897. The average Bonchev–Trinajstić information content (AvgIpc) is 2.29. The zero-order valence-electron chi connectivity index (χ0n) is 7.81. The Kier molecular flexibility index (Phi) is 2.51. The van der Waals surface area contributed by atoms with Crippen LogP contribution in [0.2, 0.25) is 0 Å². The smallest absolute Gasteiger partial charge is 0.408 e. The average molecular weight is 203 g/mol.